The predicted molar refractivity (Wildman–Crippen MR) is 118 cm³/mol. The fraction of sp³-hybridized carbons (Fsp3) is 0.409. The molecule has 0 aliphatic rings. The van der Waals surface area contributed by atoms with Crippen molar-refractivity contribution in [2.75, 3.05) is 6.54 Å². The maximum atomic E-state index is 13.6. The molecule has 0 saturated carbocycles. The Morgan fingerprint density at radius 1 is 1.03 bits per heavy atom. The summed E-state index contributed by atoms with van der Waals surface area (Å²) in [4.78, 5) is 12.8. The third-order valence-electron chi connectivity index (χ3n) is 4.31. The largest absolute Gasteiger partial charge is 0.350 e. The Morgan fingerprint density at radius 2 is 1.55 bits per heavy atom. The number of hydrogen-bond acceptors (Lipinski definition) is 3. The molecule has 0 saturated heterocycles. The van der Waals surface area contributed by atoms with Gasteiger partial charge >= 0.3 is 0 Å². The highest BCUT2D eigenvalue weighted by Gasteiger charge is 2.30. The number of amides is 1. The highest BCUT2D eigenvalue weighted by molar-refractivity contribution is 7.89. The standard InChI is InChI=1S/C22H29ClN2O3S/c1-15-11-16(2)21(17(3)12-15)29(27,28)25(14-20(26)24-22(4,5)6)13-18-7-9-19(23)10-8-18/h7-12H,13-14H2,1-6H3,(H,24,26). The summed E-state index contributed by atoms with van der Waals surface area (Å²) < 4.78 is 28.4. The second kappa shape index (κ2) is 8.86. The Bertz CT molecular complexity index is 971. The van der Waals surface area contributed by atoms with Crippen LogP contribution in [-0.2, 0) is 21.4 Å². The van der Waals surface area contributed by atoms with Crippen LogP contribution in [0.4, 0.5) is 0 Å². The van der Waals surface area contributed by atoms with Gasteiger partial charge in [-0.3, -0.25) is 4.79 Å². The van der Waals surface area contributed by atoms with Crippen LogP contribution in [0.25, 0.3) is 0 Å². The fourth-order valence-electron chi connectivity index (χ4n) is 3.34. The molecular formula is C22H29ClN2O3S. The van der Waals surface area contributed by atoms with Gasteiger partial charge in [0, 0.05) is 17.1 Å². The van der Waals surface area contributed by atoms with Gasteiger partial charge in [0.05, 0.1) is 11.4 Å². The Morgan fingerprint density at radius 3 is 2.03 bits per heavy atom. The van der Waals surface area contributed by atoms with Crippen molar-refractivity contribution in [1.29, 1.82) is 0 Å². The zero-order chi connectivity index (χ0) is 22.0. The predicted octanol–water partition coefficient (Wildman–Crippen LogP) is 4.37. The van der Waals surface area contributed by atoms with Crippen LogP contribution in [0.5, 0.6) is 0 Å². The summed E-state index contributed by atoms with van der Waals surface area (Å²) in [6.07, 6.45) is 0. The SMILES string of the molecule is Cc1cc(C)c(S(=O)(=O)N(CC(=O)NC(C)(C)C)Cc2ccc(Cl)cc2)c(C)c1. The van der Waals surface area contributed by atoms with Crippen molar-refractivity contribution in [3.05, 3.63) is 63.7 Å². The molecule has 2 aromatic carbocycles. The highest BCUT2D eigenvalue weighted by atomic mass is 35.5. The van der Waals surface area contributed by atoms with E-state index < -0.39 is 15.6 Å². The lowest BCUT2D eigenvalue weighted by Crippen LogP contribution is -2.47. The van der Waals surface area contributed by atoms with E-state index in [1.54, 1.807) is 38.1 Å². The van der Waals surface area contributed by atoms with Crippen molar-refractivity contribution in [2.24, 2.45) is 0 Å². The Balaban J connectivity index is 2.47. The molecule has 2 rings (SSSR count). The van der Waals surface area contributed by atoms with Crippen molar-refractivity contribution >= 4 is 27.5 Å². The van der Waals surface area contributed by atoms with Gasteiger partial charge in [-0.1, -0.05) is 41.4 Å². The smallest absolute Gasteiger partial charge is 0.244 e. The van der Waals surface area contributed by atoms with Gasteiger partial charge in [0.2, 0.25) is 15.9 Å². The van der Waals surface area contributed by atoms with Gasteiger partial charge in [-0.2, -0.15) is 4.31 Å². The molecule has 29 heavy (non-hydrogen) atoms. The Kier molecular flexibility index (Phi) is 7.14. The van der Waals surface area contributed by atoms with Crippen LogP contribution >= 0.6 is 11.6 Å². The van der Waals surface area contributed by atoms with Crippen LogP contribution in [0.2, 0.25) is 5.02 Å². The van der Waals surface area contributed by atoms with Crippen LogP contribution in [0.1, 0.15) is 43.0 Å². The summed E-state index contributed by atoms with van der Waals surface area (Å²) in [6, 6.07) is 10.6. The Labute approximate surface area is 179 Å². The molecular weight excluding hydrogens is 408 g/mol. The van der Waals surface area contributed by atoms with Crippen LogP contribution in [0.3, 0.4) is 0 Å². The van der Waals surface area contributed by atoms with E-state index in [-0.39, 0.29) is 23.9 Å². The molecule has 158 valence electrons. The van der Waals surface area contributed by atoms with Gasteiger partial charge in [-0.15, -0.1) is 0 Å². The van der Waals surface area contributed by atoms with E-state index in [2.05, 4.69) is 5.32 Å². The maximum Gasteiger partial charge on any atom is 0.244 e. The molecule has 0 atom stereocenters. The normalized spacial score (nSPS) is 12.3. The number of sulfonamides is 1. The number of carbonyl (C=O) groups is 1. The van der Waals surface area contributed by atoms with Crippen molar-refractivity contribution < 1.29 is 13.2 Å². The Hall–Kier alpha value is -1.89. The van der Waals surface area contributed by atoms with Crippen molar-refractivity contribution in [2.45, 2.75) is 58.5 Å². The molecule has 7 heteroatoms. The lowest BCUT2D eigenvalue weighted by atomic mass is 10.1. The average Bonchev–Trinajstić information content (AvgIpc) is 2.53. The molecule has 0 aromatic heterocycles. The molecule has 0 radical (unpaired) electrons. The minimum absolute atomic E-state index is 0.0732. The van der Waals surface area contributed by atoms with Crippen molar-refractivity contribution in [1.82, 2.24) is 9.62 Å². The number of aryl methyl sites for hydroxylation is 3. The number of nitrogens with zero attached hydrogens (tertiary/aromatic N) is 1. The van der Waals surface area contributed by atoms with E-state index in [4.69, 9.17) is 11.6 Å². The lowest BCUT2D eigenvalue weighted by Gasteiger charge is -2.27. The quantitative estimate of drug-likeness (QED) is 0.731. The molecule has 0 aliphatic carbocycles. The summed E-state index contributed by atoms with van der Waals surface area (Å²) in [5.41, 5.74) is 2.62. The fourth-order valence-corrected chi connectivity index (χ4v) is 5.26. The molecule has 2 aromatic rings. The van der Waals surface area contributed by atoms with E-state index in [0.29, 0.717) is 16.1 Å². The van der Waals surface area contributed by atoms with Crippen LogP contribution in [-0.4, -0.2) is 30.7 Å². The number of hydrogen-bond donors (Lipinski definition) is 1. The first kappa shape index (κ1) is 23.4. The summed E-state index contributed by atoms with van der Waals surface area (Å²) in [6.45, 7) is 10.9. The number of benzene rings is 2. The van der Waals surface area contributed by atoms with Gasteiger partial charge in [0.25, 0.3) is 0 Å². The second-order valence-electron chi connectivity index (χ2n) is 8.43. The van der Waals surface area contributed by atoms with E-state index in [9.17, 15) is 13.2 Å². The average molecular weight is 437 g/mol. The molecule has 0 fully saturated rings. The van der Waals surface area contributed by atoms with Crippen LogP contribution in [0, 0.1) is 20.8 Å². The zero-order valence-corrected chi connectivity index (χ0v) is 19.4. The molecule has 0 bridgehead atoms. The highest BCUT2D eigenvalue weighted by Crippen LogP contribution is 2.26. The zero-order valence-electron chi connectivity index (χ0n) is 17.8. The summed E-state index contributed by atoms with van der Waals surface area (Å²) >= 11 is 5.95. The molecule has 5 nitrogen and oxygen atoms in total. The molecule has 0 heterocycles. The van der Waals surface area contributed by atoms with Gasteiger partial charge in [-0.05, 0) is 70.4 Å². The van der Waals surface area contributed by atoms with Crippen LogP contribution < -0.4 is 5.32 Å². The van der Waals surface area contributed by atoms with Crippen molar-refractivity contribution in [3.63, 3.8) is 0 Å². The summed E-state index contributed by atoms with van der Waals surface area (Å²) in [7, 11) is -3.90. The number of carbonyl (C=O) groups excluding carboxylic acids is 1. The van der Waals surface area contributed by atoms with E-state index >= 15 is 0 Å². The first-order valence-electron chi connectivity index (χ1n) is 9.43. The maximum absolute atomic E-state index is 13.6. The van der Waals surface area contributed by atoms with Gasteiger partial charge in [-0.25, -0.2) is 8.42 Å². The van der Waals surface area contributed by atoms with E-state index in [0.717, 1.165) is 11.1 Å². The van der Waals surface area contributed by atoms with E-state index in [1.165, 1.54) is 4.31 Å². The third kappa shape index (κ3) is 6.29. The second-order valence-corrected chi connectivity index (χ2v) is 10.7. The first-order valence-corrected chi connectivity index (χ1v) is 11.2. The minimum atomic E-state index is -3.90. The minimum Gasteiger partial charge on any atom is -0.350 e. The van der Waals surface area contributed by atoms with E-state index in [1.807, 2.05) is 39.8 Å². The van der Waals surface area contributed by atoms with Gasteiger partial charge in [0.1, 0.15) is 0 Å². The van der Waals surface area contributed by atoms with Crippen LogP contribution in [0.15, 0.2) is 41.3 Å². The molecule has 1 amide bonds. The lowest BCUT2D eigenvalue weighted by molar-refractivity contribution is -0.122. The molecule has 0 spiro atoms. The van der Waals surface area contributed by atoms with Gasteiger partial charge < -0.3 is 5.32 Å². The summed E-state index contributed by atoms with van der Waals surface area (Å²) in [5, 5.41) is 3.41. The summed E-state index contributed by atoms with van der Waals surface area (Å²) in [5.74, 6) is -0.350. The molecule has 1 N–H and O–H groups in total. The topological polar surface area (TPSA) is 66.5 Å². The number of halogens is 1. The monoisotopic (exact) mass is 436 g/mol. The number of rotatable bonds is 6. The molecule has 0 aliphatic heterocycles. The van der Waals surface area contributed by atoms with Gasteiger partial charge in [0.15, 0.2) is 0 Å². The van der Waals surface area contributed by atoms with Crippen molar-refractivity contribution in [3.8, 4) is 0 Å². The first-order chi connectivity index (χ1) is 13.3. The third-order valence-corrected chi connectivity index (χ3v) is 6.66. The number of nitrogens with one attached hydrogen (secondary N) is 1. The molecule has 0 unspecified atom stereocenters.